The molecule has 0 aliphatic carbocycles. The first kappa shape index (κ1) is 17.8. The summed E-state index contributed by atoms with van der Waals surface area (Å²) in [5.41, 5.74) is 13.3. The lowest BCUT2D eigenvalue weighted by Gasteiger charge is -2.09. The molecular formula is C20H19ClN4O. The molecule has 1 aromatic heterocycles. The van der Waals surface area contributed by atoms with Crippen LogP contribution in [0.3, 0.4) is 0 Å². The Bertz CT molecular complexity index is 957. The van der Waals surface area contributed by atoms with Gasteiger partial charge in [0.05, 0.1) is 6.21 Å². The molecule has 5 nitrogen and oxygen atoms in total. The highest BCUT2D eigenvalue weighted by atomic mass is 35.5. The molecule has 1 heterocycles. The first-order valence-electron chi connectivity index (χ1n) is 8.09. The standard InChI is InChI=1S/C20H19ClN4O/c1-13-11-16(14(2)25(13)19-9-5-17(21)6-10-19)12-23-24-20(26)15-3-7-18(22)8-4-15/h3-12H,22H2,1-2H3,(H,24,26). The van der Waals surface area contributed by atoms with Gasteiger partial charge in [-0.25, -0.2) is 5.43 Å². The summed E-state index contributed by atoms with van der Waals surface area (Å²) in [7, 11) is 0. The van der Waals surface area contributed by atoms with Crippen molar-refractivity contribution in [2.24, 2.45) is 5.10 Å². The molecule has 3 rings (SSSR count). The molecule has 3 N–H and O–H groups in total. The molecule has 0 bridgehead atoms. The van der Waals surface area contributed by atoms with E-state index in [0.29, 0.717) is 16.3 Å². The Morgan fingerprint density at radius 1 is 1.12 bits per heavy atom. The summed E-state index contributed by atoms with van der Waals surface area (Å²) in [6, 6.07) is 16.3. The molecule has 0 saturated heterocycles. The van der Waals surface area contributed by atoms with Crippen molar-refractivity contribution in [1.29, 1.82) is 0 Å². The number of nitrogens with two attached hydrogens (primary N) is 1. The summed E-state index contributed by atoms with van der Waals surface area (Å²) in [5, 5.41) is 4.77. The number of benzene rings is 2. The van der Waals surface area contributed by atoms with Crippen molar-refractivity contribution in [3.63, 3.8) is 0 Å². The van der Waals surface area contributed by atoms with E-state index in [-0.39, 0.29) is 5.91 Å². The molecule has 3 aromatic rings. The summed E-state index contributed by atoms with van der Waals surface area (Å²) in [6.45, 7) is 4.02. The predicted octanol–water partition coefficient (Wildman–Crippen LogP) is 4.09. The van der Waals surface area contributed by atoms with Gasteiger partial charge in [0.15, 0.2) is 0 Å². The van der Waals surface area contributed by atoms with E-state index in [1.807, 2.05) is 44.2 Å². The van der Waals surface area contributed by atoms with Gasteiger partial charge in [-0.05, 0) is 68.4 Å². The van der Waals surface area contributed by atoms with Gasteiger partial charge in [-0.1, -0.05) is 11.6 Å². The number of carbonyl (C=O) groups is 1. The molecule has 0 aliphatic heterocycles. The van der Waals surface area contributed by atoms with Gasteiger partial charge in [-0.2, -0.15) is 5.10 Å². The van der Waals surface area contributed by atoms with Crippen LogP contribution in [0.4, 0.5) is 5.69 Å². The molecule has 26 heavy (non-hydrogen) atoms. The second-order valence-electron chi connectivity index (χ2n) is 5.96. The molecule has 0 radical (unpaired) electrons. The topological polar surface area (TPSA) is 72.4 Å². The van der Waals surface area contributed by atoms with Crippen molar-refractivity contribution < 1.29 is 4.79 Å². The molecular weight excluding hydrogens is 348 g/mol. The van der Waals surface area contributed by atoms with Gasteiger partial charge in [-0.3, -0.25) is 4.79 Å². The molecule has 0 spiro atoms. The van der Waals surface area contributed by atoms with E-state index in [2.05, 4.69) is 15.1 Å². The lowest BCUT2D eigenvalue weighted by molar-refractivity contribution is 0.0955. The summed E-state index contributed by atoms with van der Waals surface area (Å²) in [6.07, 6.45) is 1.64. The summed E-state index contributed by atoms with van der Waals surface area (Å²) in [5.74, 6) is -0.284. The highest BCUT2D eigenvalue weighted by Gasteiger charge is 2.09. The van der Waals surface area contributed by atoms with Crippen LogP contribution in [0.5, 0.6) is 0 Å². The molecule has 0 fully saturated rings. The van der Waals surface area contributed by atoms with Gasteiger partial charge in [0, 0.05) is 38.9 Å². The third kappa shape index (κ3) is 3.78. The van der Waals surface area contributed by atoms with Crippen molar-refractivity contribution in [2.45, 2.75) is 13.8 Å². The number of nitrogens with one attached hydrogen (secondary N) is 1. The Balaban J connectivity index is 1.77. The van der Waals surface area contributed by atoms with Gasteiger partial charge in [0.25, 0.3) is 5.91 Å². The zero-order chi connectivity index (χ0) is 18.7. The van der Waals surface area contributed by atoms with Crippen LogP contribution in [0.1, 0.15) is 27.3 Å². The molecule has 0 saturated carbocycles. The lowest BCUT2D eigenvalue weighted by Crippen LogP contribution is -2.17. The van der Waals surface area contributed by atoms with Gasteiger partial charge in [-0.15, -0.1) is 0 Å². The number of carbonyl (C=O) groups excluding carboxylic acids is 1. The van der Waals surface area contributed by atoms with Crippen molar-refractivity contribution in [3.05, 3.63) is 82.1 Å². The minimum atomic E-state index is -0.284. The quantitative estimate of drug-likeness (QED) is 0.414. The number of rotatable bonds is 4. The second-order valence-corrected chi connectivity index (χ2v) is 6.40. The summed E-state index contributed by atoms with van der Waals surface area (Å²) >= 11 is 5.96. The molecule has 132 valence electrons. The van der Waals surface area contributed by atoms with Crippen LogP contribution in [0.15, 0.2) is 59.7 Å². The largest absolute Gasteiger partial charge is 0.399 e. The van der Waals surface area contributed by atoms with Crippen LogP contribution < -0.4 is 11.2 Å². The average molecular weight is 367 g/mol. The number of hydrogen-bond acceptors (Lipinski definition) is 3. The number of hydrogen-bond donors (Lipinski definition) is 2. The molecule has 0 unspecified atom stereocenters. The molecule has 1 amide bonds. The first-order chi connectivity index (χ1) is 12.5. The Hall–Kier alpha value is -3.05. The van der Waals surface area contributed by atoms with Crippen molar-refractivity contribution in [2.75, 3.05) is 5.73 Å². The monoisotopic (exact) mass is 366 g/mol. The van der Waals surface area contributed by atoms with E-state index in [9.17, 15) is 4.79 Å². The minimum Gasteiger partial charge on any atom is -0.399 e. The number of anilines is 1. The molecule has 2 aromatic carbocycles. The van der Waals surface area contributed by atoms with Crippen LogP contribution in [-0.2, 0) is 0 Å². The minimum absolute atomic E-state index is 0.284. The van der Waals surface area contributed by atoms with Crippen molar-refractivity contribution in [1.82, 2.24) is 9.99 Å². The normalized spacial score (nSPS) is 11.0. The van der Waals surface area contributed by atoms with Crippen LogP contribution in [0.2, 0.25) is 5.02 Å². The first-order valence-corrected chi connectivity index (χ1v) is 8.47. The number of amides is 1. The number of aryl methyl sites for hydroxylation is 1. The SMILES string of the molecule is Cc1cc(C=NNC(=O)c2ccc(N)cc2)c(C)n1-c1ccc(Cl)cc1. The number of nitrogens with zero attached hydrogens (tertiary/aromatic N) is 2. The Morgan fingerprint density at radius 2 is 1.77 bits per heavy atom. The zero-order valence-corrected chi connectivity index (χ0v) is 15.3. The van der Waals surface area contributed by atoms with Gasteiger partial charge in [0.2, 0.25) is 0 Å². The Labute approximate surface area is 157 Å². The van der Waals surface area contributed by atoms with Crippen LogP contribution in [0.25, 0.3) is 5.69 Å². The molecule has 0 atom stereocenters. The van der Waals surface area contributed by atoms with E-state index < -0.39 is 0 Å². The highest BCUT2D eigenvalue weighted by Crippen LogP contribution is 2.21. The number of halogens is 1. The fraction of sp³-hybridized carbons (Fsp3) is 0.100. The Kier molecular flexibility index (Phi) is 5.09. The van der Waals surface area contributed by atoms with Crippen LogP contribution in [-0.4, -0.2) is 16.7 Å². The number of hydrazone groups is 1. The van der Waals surface area contributed by atoms with Gasteiger partial charge >= 0.3 is 0 Å². The lowest BCUT2D eigenvalue weighted by atomic mass is 10.2. The fourth-order valence-electron chi connectivity index (χ4n) is 2.77. The summed E-state index contributed by atoms with van der Waals surface area (Å²) < 4.78 is 2.11. The Morgan fingerprint density at radius 3 is 2.42 bits per heavy atom. The zero-order valence-electron chi connectivity index (χ0n) is 14.5. The maximum Gasteiger partial charge on any atom is 0.271 e. The smallest absolute Gasteiger partial charge is 0.271 e. The van der Waals surface area contributed by atoms with E-state index in [1.165, 1.54) is 0 Å². The van der Waals surface area contributed by atoms with Crippen molar-refractivity contribution in [3.8, 4) is 5.69 Å². The average Bonchev–Trinajstić information content (AvgIpc) is 2.90. The highest BCUT2D eigenvalue weighted by molar-refractivity contribution is 6.30. The van der Waals surface area contributed by atoms with E-state index in [0.717, 1.165) is 22.6 Å². The van der Waals surface area contributed by atoms with Crippen molar-refractivity contribution >= 4 is 29.4 Å². The summed E-state index contributed by atoms with van der Waals surface area (Å²) in [4.78, 5) is 12.1. The van der Waals surface area contributed by atoms with E-state index >= 15 is 0 Å². The maximum absolute atomic E-state index is 12.1. The van der Waals surface area contributed by atoms with E-state index in [1.54, 1.807) is 30.5 Å². The fourth-order valence-corrected chi connectivity index (χ4v) is 2.89. The van der Waals surface area contributed by atoms with Gasteiger partial charge < -0.3 is 10.3 Å². The third-order valence-electron chi connectivity index (χ3n) is 4.10. The predicted molar refractivity (Wildman–Crippen MR) is 106 cm³/mol. The maximum atomic E-state index is 12.1. The second kappa shape index (κ2) is 7.45. The number of aromatic nitrogens is 1. The molecule has 6 heteroatoms. The number of nitrogen functional groups attached to an aromatic ring is 1. The van der Waals surface area contributed by atoms with Crippen LogP contribution >= 0.6 is 11.6 Å². The van der Waals surface area contributed by atoms with Crippen LogP contribution in [0, 0.1) is 13.8 Å². The van der Waals surface area contributed by atoms with E-state index in [4.69, 9.17) is 17.3 Å². The third-order valence-corrected chi connectivity index (χ3v) is 4.35. The van der Waals surface area contributed by atoms with Gasteiger partial charge in [0.1, 0.15) is 0 Å². The molecule has 0 aliphatic rings.